The Kier molecular flexibility index (Phi) is 5.77. The summed E-state index contributed by atoms with van der Waals surface area (Å²) in [7, 11) is 0. The zero-order chi connectivity index (χ0) is 14.7. The van der Waals surface area contributed by atoms with Crippen molar-refractivity contribution < 1.29 is 9.13 Å². The molecule has 0 saturated carbocycles. The predicted octanol–water partition coefficient (Wildman–Crippen LogP) is 3.40. The Morgan fingerprint density at radius 1 is 1.18 bits per heavy atom. The first-order chi connectivity index (χ1) is 10.2. The summed E-state index contributed by atoms with van der Waals surface area (Å²) in [5.74, 6) is -0.201. The van der Waals surface area contributed by atoms with Gasteiger partial charge in [-0.3, -0.25) is 4.90 Å². The molecule has 118 valence electrons. The fraction of sp³-hybridized carbons (Fsp3) is 0.294. The second kappa shape index (κ2) is 7.58. The van der Waals surface area contributed by atoms with Crippen LogP contribution >= 0.6 is 12.4 Å². The molecule has 2 aromatic carbocycles. The van der Waals surface area contributed by atoms with Crippen molar-refractivity contribution >= 4 is 18.1 Å². The molecule has 2 N–H and O–H groups in total. The van der Waals surface area contributed by atoms with Gasteiger partial charge in [-0.25, -0.2) is 4.39 Å². The van der Waals surface area contributed by atoms with E-state index in [1.165, 1.54) is 11.6 Å². The standard InChI is InChI=1S/C17H19FN2O.ClH/c18-16-7-2-1-6-15(16)17-12-20(8-9-21-17)11-13-4-3-5-14(19)10-13;/h1-7,10,17H,8-9,11-12,19H2;1H. The summed E-state index contributed by atoms with van der Waals surface area (Å²) in [5.41, 5.74) is 8.38. The topological polar surface area (TPSA) is 38.5 Å². The lowest BCUT2D eigenvalue weighted by Gasteiger charge is -2.33. The third-order valence-electron chi connectivity index (χ3n) is 3.76. The lowest BCUT2D eigenvalue weighted by Crippen LogP contribution is -2.38. The van der Waals surface area contributed by atoms with Gasteiger partial charge in [-0.2, -0.15) is 0 Å². The van der Waals surface area contributed by atoms with Gasteiger partial charge in [0.25, 0.3) is 0 Å². The molecule has 1 fully saturated rings. The average Bonchev–Trinajstić information content (AvgIpc) is 2.48. The molecular formula is C17H20ClFN2O. The van der Waals surface area contributed by atoms with Crippen LogP contribution in [0.3, 0.4) is 0 Å². The molecule has 2 aromatic rings. The smallest absolute Gasteiger partial charge is 0.129 e. The number of hydrogen-bond acceptors (Lipinski definition) is 3. The van der Waals surface area contributed by atoms with Crippen molar-refractivity contribution in [1.82, 2.24) is 4.90 Å². The number of ether oxygens (including phenoxy) is 1. The molecular weight excluding hydrogens is 303 g/mol. The van der Waals surface area contributed by atoms with E-state index in [2.05, 4.69) is 11.0 Å². The van der Waals surface area contributed by atoms with E-state index in [1.54, 1.807) is 12.1 Å². The van der Waals surface area contributed by atoms with Crippen molar-refractivity contribution in [2.75, 3.05) is 25.4 Å². The average molecular weight is 323 g/mol. The number of rotatable bonds is 3. The molecule has 1 aliphatic rings. The Morgan fingerprint density at radius 3 is 2.77 bits per heavy atom. The van der Waals surface area contributed by atoms with Gasteiger partial charge in [0.05, 0.1) is 12.7 Å². The van der Waals surface area contributed by atoms with Gasteiger partial charge < -0.3 is 10.5 Å². The van der Waals surface area contributed by atoms with Crippen molar-refractivity contribution in [3.05, 3.63) is 65.5 Å². The molecule has 1 aliphatic heterocycles. The van der Waals surface area contributed by atoms with Crippen LogP contribution in [-0.4, -0.2) is 24.6 Å². The van der Waals surface area contributed by atoms with Crippen LogP contribution in [0.5, 0.6) is 0 Å². The summed E-state index contributed by atoms with van der Waals surface area (Å²) in [4.78, 5) is 2.27. The fourth-order valence-corrected chi connectivity index (χ4v) is 2.72. The molecule has 0 spiro atoms. The normalized spacial score (nSPS) is 18.7. The van der Waals surface area contributed by atoms with Gasteiger partial charge in [0, 0.05) is 30.9 Å². The number of nitrogen functional groups attached to an aromatic ring is 1. The molecule has 0 aromatic heterocycles. The molecule has 1 unspecified atom stereocenters. The highest BCUT2D eigenvalue weighted by Crippen LogP contribution is 2.25. The molecule has 0 aliphatic carbocycles. The molecule has 1 atom stereocenters. The predicted molar refractivity (Wildman–Crippen MR) is 88.5 cm³/mol. The minimum Gasteiger partial charge on any atom is -0.399 e. The summed E-state index contributed by atoms with van der Waals surface area (Å²) < 4.78 is 19.6. The minimum absolute atomic E-state index is 0. The van der Waals surface area contributed by atoms with E-state index in [9.17, 15) is 4.39 Å². The number of anilines is 1. The highest BCUT2D eigenvalue weighted by atomic mass is 35.5. The number of halogens is 2. The third-order valence-corrected chi connectivity index (χ3v) is 3.76. The second-order valence-corrected chi connectivity index (χ2v) is 5.36. The zero-order valence-corrected chi connectivity index (χ0v) is 13.1. The summed E-state index contributed by atoms with van der Waals surface area (Å²) in [6, 6.07) is 14.7. The van der Waals surface area contributed by atoms with Crippen LogP contribution in [0, 0.1) is 5.82 Å². The van der Waals surface area contributed by atoms with E-state index >= 15 is 0 Å². The van der Waals surface area contributed by atoms with E-state index in [4.69, 9.17) is 10.5 Å². The van der Waals surface area contributed by atoms with Gasteiger partial charge in [0.15, 0.2) is 0 Å². The first-order valence-electron chi connectivity index (χ1n) is 7.15. The van der Waals surface area contributed by atoms with Gasteiger partial charge in [-0.15, -0.1) is 12.4 Å². The molecule has 22 heavy (non-hydrogen) atoms. The largest absolute Gasteiger partial charge is 0.399 e. The van der Waals surface area contributed by atoms with Gasteiger partial charge in [-0.05, 0) is 23.8 Å². The minimum atomic E-state index is -0.207. The molecule has 5 heteroatoms. The molecule has 3 rings (SSSR count). The Balaban J connectivity index is 0.00000176. The highest BCUT2D eigenvalue weighted by Gasteiger charge is 2.24. The maximum absolute atomic E-state index is 13.9. The lowest BCUT2D eigenvalue weighted by molar-refractivity contribution is -0.0344. The second-order valence-electron chi connectivity index (χ2n) is 5.36. The third kappa shape index (κ3) is 3.97. The first kappa shape index (κ1) is 16.7. The lowest BCUT2D eigenvalue weighted by atomic mass is 10.1. The number of nitrogens with zero attached hydrogens (tertiary/aromatic N) is 1. The van der Waals surface area contributed by atoms with E-state index in [0.717, 1.165) is 18.8 Å². The van der Waals surface area contributed by atoms with Crippen LogP contribution in [0.4, 0.5) is 10.1 Å². The molecule has 3 nitrogen and oxygen atoms in total. The summed E-state index contributed by atoms with van der Waals surface area (Å²) in [6.45, 7) is 2.95. The zero-order valence-electron chi connectivity index (χ0n) is 12.2. The van der Waals surface area contributed by atoms with Crippen LogP contribution in [0.1, 0.15) is 17.2 Å². The van der Waals surface area contributed by atoms with E-state index in [0.29, 0.717) is 18.7 Å². The van der Waals surface area contributed by atoms with Crippen LogP contribution in [0.25, 0.3) is 0 Å². The Bertz CT molecular complexity index is 623. The van der Waals surface area contributed by atoms with Crippen LogP contribution in [-0.2, 0) is 11.3 Å². The SMILES string of the molecule is Cl.Nc1cccc(CN2CCOC(c3ccccc3F)C2)c1. The molecule has 0 bridgehead atoms. The van der Waals surface area contributed by atoms with Gasteiger partial charge in [0.2, 0.25) is 0 Å². The number of benzene rings is 2. The van der Waals surface area contributed by atoms with Crippen LogP contribution < -0.4 is 5.73 Å². The maximum Gasteiger partial charge on any atom is 0.129 e. The molecule has 1 heterocycles. The highest BCUT2D eigenvalue weighted by molar-refractivity contribution is 5.85. The molecule has 0 radical (unpaired) electrons. The maximum atomic E-state index is 13.9. The van der Waals surface area contributed by atoms with E-state index in [-0.39, 0.29) is 24.3 Å². The quantitative estimate of drug-likeness (QED) is 0.880. The number of morpholine rings is 1. The number of hydrogen-bond donors (Lipinski definition) is 1. The van der Waals surface area contributed by atoms with E-state index in [1.807, 2.05) is 24.3 Å². The Hall–Kier alpha value is -1.62. The van der Waals surface area contributed by atoms with Gasteiger partial charge in [-0.1, -0.05) is 30.3 Å². The van der Waals surface area contributed by atoms with Crippen molar-refractivity contribution in [3.8, 4) is 0 Å². The van der Waals surface area contributed by atoms with E-state index < -0.39 is 0 Å². The monoisotopic (exact) mass is 322 g/mol. The van der Waals surface area contributed by atoms with Gasteiger partial charge >= 0.3 is 0 Å². The Morgan fingerprint density at radius 2 is 2.00 bits per heavy atom. The van der Waals surface area contributed by atoms with Crippen molar-refractivity contribution in [2.45, 2.75) is 12.6 Å². The van der Waals surface area contributed by atoms with Crippen LogP contribution in [0.15, 0.2) is 48.5 Å². The first-order valence-corrected chi connectivity index (χ1v) is 7.15. The summed E-state index contributed by atoms with van der Waals surface area (Å²) in [6.07, 6.45) is -0.207. The Labute approximate surface area is 136 Å². The summed E-state index contributed by atoms with van der Waals surface area (Å²) in [5, 5.41) is 0. The summed E-state index contributed by atoms with van der Waals surface area (Å²) >= 11 is 0. The molecule has 0 amide bonds. The van der Waals surface area contributed by atoms with Crippen molar-refractivity contribution in [3.63, 3.8) is 0 Å². The molecule has 1 saturated heterocycles. The van der Waals surface area contributed by atoms with Gasteiger partial charge in [0.1, 0.15) is 5.82 Å². The van der Waals surface area contributed by atoms with Crippen LogP contribution in [0.2, 0.25) is 0 Å². The van der Waals surface area contributed by atoms with Crippen molar-refractivity contribution in [1.29, 1.82) is 0 Å². The number of nitrogens with two attached hydrogens (primary N) is 1. The van der Waals surface area contributed by atoms with Crippen molar-refractivity contribution in [2.24, 2.45) is 0 Å². The fourth-order valence-electron chi connectivity index (χ4n) is 2.72.